The molecule has 0 aliphatic heterocycles. The molecule has 0 aliphatic rings. The minimum absolute atomic E-state index is 0.00201. The largest absolute Gasteiger partial charge is 0.481 e. The van der Waals surface area contributed by atoms with Gasteiger partial charge >= 0.3 is 5.97 Å². The molecule has 0 saturated carbocycles. The lowest BCUT2D eigenvalue weighted by atomic mass is 10.1. The van der Waals surface area contributed by atoms with Gasteiger partial charge in [-0.05, 0) is 26.2 Å². The van der Waals surface area contributed by atoms with Crippen LogP contribution in [0.2, 0.25) is 0 Å². The van der Waals surface area contributed by atoms with Crippen LogP contribution in [0.15, 0.2) is 0 Å². The molecule has 0 fully saturated rings. The molecule has 0 aromatic carbocycles. The smallest absolute Gasteiger partial charge is 0.303 e. The van der Waals surface area contributed by atoms with Crippen molar-refractivity contribution in [3.63, 3.8) is 0 Å². The summed E-state index contributed by atoms with van der Waals surface area (Å²) in [5, 5.41) is 8.35. The maximum absolute atomic E-state index is 10.9. The van der Waals surface area contributed by atoms with E-state index in [9.17, 15) is 9.59 Å². The fourth-order valence-electron chi connectivity index (χ4n) is 1.09. The molecule has 0 saturated heterocycles. The van der Waals surface area contributed by atoms with Crippen molar-refractivity contribution in [2.24, 2.45) is 0 Å². The van der Waals surface area contributed by atoms with Crippen LogP contribution in [-0.4, -0.2) is 30.1 Å². The van der Waals surface area contributed by atoms with Gasteiger partial charge in [-0.15, -0.1) is 0 Å². The summed E-state index contributed by atoms with van der Waals surface area (Å²) < 4.78 is 4.92. The van der Waals surface area contributed by atoms with Gasteiger partial charge in [-0.3, -0.25) is 9.59 Å². The second-order valence-electron chi connectivity index (χ2n) is 2.97. The first kappa shape index (κ1) is 12.1. The average molecular weight is 188 g/mol. The van der Waals surface area contributed by atoms with Crippen LogP contribution in [0.3, 0.4) is 0 Å². The summed E-state index contributed by atoms with van der Waals surface area (Å²) in [6.45, 7) is 1.48. The fraction of sp³-hybridized carbons (Fsp3) is 0.778. The summed E-state index contributed by atoms with van der Waals surface area (Å²) in [7, 11) is 1.49. The molecule has 1 unspecified atom stereocenters. The molecule has 0 aromatic heterocycles. The summed E-state index contributed by atoms with van der Waals surface area (Å²) in [6.07, 6.45) is 1.72. The first-order valence-electron chi connectivity index (χ1n) is 4.33. The van der Waals surface area contributed by atoms with Crippen molar-refractivity contribution in [1.29, 1.82) is 0 Å². The van der Waals surface area contributed by atoms with Crippen LogP contribution in [0, 0.1) is 0 Å². The highest BCUT2D eigenvalue weighted by Gasteiger charge is 2.11. The van der Waals surface area contributed by atoms with Crippen molar-refractivity contribution in [3.05, 3.63) is 0 Å². The number of aliphatic carboxylic acids is 1. The van der Waals surface area contributed by atoms with Crippen molar-refractivity contribution in [3.8, 4) is 0 Å². The third-order valence-electron chi connectivity index (χ3n) is 1.84. The van der Waals surface area contributed by atoms with Crippen LogP contribution in [0.4, 0.5) is 0 Å². The number of ether oxygens (including phenoxy) is 1. The van der Waals surface area contributed by atoms with Gasteiger partial charge in [0, 0.05) is 13.5 Å². The molecule has 0 heterocycles. The standard InChI is InChI=1S/C9H16O4/c1-7(10)8(13-2)5-3-4-6-9(11)12/h8H,3-6H2,1-2H3,(H,11,12). The Morgan fingerprint density at radius 1 is 1.38 bits per heavy atom. The van der Waals surface area contributed by atoms with E-state index < -0.39 is 5.97 Å². The van der Waals surface area contributed by atoms with Gasteiger partial charge in [0.2, 0.25) is 0 Å². The van der Waals surface area contributed by atoms with E-state index in [0.29, 0.717) is 19.3 Å². The summed E-state index contributed by atoms with van der Waals surface area (Å²) in [6, 6.07) is 0. The number of hydrogen-bond donors (Lipinski definition) is 1. The van der Waals surface area contributed by atoms with Crippen molar-refractivity contribution in [1.82, 2.24) is 0 Å². The molecule has 0 spiro atoms. The maximum atomic E-state index is 10.9. The predicted octanol–water partition coefficient (Wildman–Crippen LogP) is 1.24. The summed E-state index contributed by atoms with van der Waals surface area (Å²) in [5.74, 6) is -0.797. The monoisotopic (exact) mass is 188 g/mol. The average Bonchev–Trinajstić information content (AvgIpc) is 2.03. The second kappa shape index (κ2) is 6.60. The molecule has 0 rings (SSSR count). The lowest BCUT2D eigenvalue weighted by molar-refractivity contribution is -0.137. The van der Waals surface area contributed by atoms with Gasteiger partial charge in [0.25, 0.3) is 0 Å². The number of hydrogen-bond acceptors (Lipinski definition) is 3. The first-order chi connectivity index (χ1) is 6.07. The molecule has 0 bridgehead atoms. The Bertz CT molecular complexity index is 176. The minimum atomic E-state index is -0.795. The predicted molar refractivity (Wildman–Crippen MR) is 47.6 cm³/mol. The highest BCUT2D eigenvalue weighted by atomic mass is 16.5. The lowest BCUT2D eigenvalue weighted by Gasteiger charge is -2.10. The number of carbonyl (C=O) groups is 2. The molecule has 0 aromatic rings. The third-order valence-corrected chi connectivity index (χ3v) is 1.84. The Balaban J connectivity index is 3.50. The quantitative estimate of drug-likeness (QED) is 0.610. The van der Waals surface area contributed by atoms with E-state index in [0.717, 1.165) is 0 Å². The third kappa shape index (κ3) is 6.28. The first-order valence-corrected chi connectivity index (χ1v) is 4.33. The van der Waals surface area contributed by atoms with Gasteiger partial charge in [0.05, 0.1) is 0 Å². The Morgan fingerprint density at radius 3 is 2.38 bits per heavy atom. The molecular weight excluding hydrogens is 172 g/mol. The molecule has 1 atom stereocenters. The highest BCUT2D eigenvalue weighted by Crippen LogP contribution is 2.06. The van der Waals surface area contributed by atoms with Gasteiger partial charge in [0.15, 0.2) is 5.78 Å². The van der Waals surface area contributed by atoms with Gasteiger partial charge in [0.1, 0.15) is 6.10 Å². The Hall–Kier alpha value is -0.900. The van der Waals surface area contributed by atoms with E-state index in [-0.39, 0.29) is 18.3 Å². The zero-order chi connectivity index (χ0) is 10.3. The Kier molecular flexibility index (Phi) is 6.14. The summed E-state index contributed by atoms with van der Waals surface area (Å²) >= 11 is 0. The van der Waals surface area contributed by atoms with E-state index in [1.54, 1.807) is 0 Å². The molecule has 1 N–H and O–H groups in total. The number of methoxy groups -OCH3 is 1. The number of unbranched alkanes of at least 4 members (excludes halogenated alkanes) is 1. The zero-order valence-corrected chi connectivity index (χ0v) is 8.08. The van der Waals surface area contributed by atoms with Crippen LogP contribution in [-0.2, 0) is 14.3 Å². The van der Waals surface area contributed by atoms with Crippen LogP contribution in [0.1, 0.15) is 32.6 Å². The van der Waals surface area contributed by atoms with E-state index >= 15 is 0 Å². The van der Waals surface area contributed by atoms with Crippen LogP contribution < -0.4 is 0 Å². The molecule has 4 nitrogen and oxygen atoms in total. The molecule has 0 radical (unpaired) electrons. The van der Waals surface area contributed by atoms with Crippen molar-refractivity contribution in [2.45, 2.75) is 38.7 Å². The molecule has 76 valence electrons. The van der Waals surface area contributed by atoms with Gasteiger partial charge in [-0.2, -0.15) is 0 Å². The van der Waals surface area contributed by atoms with Crippen molar-refractivity contribution < 1.29 is 19.4 Å². The topological polar surface area (TPSA) is 63.6 Å². The number of carbonyl (C=O) groups excluding carboxylic acids is 1. The number of carboxylic acids is 1. The number of Topliss-reactive ketones (excluding diaryl/α,β-unsaturated/α-hetero) is 1. The number of carboxylic acid groups (broad SMARTS) is 1. The van der Waals surface area contributed by atoms with E-state index in [1.165, 1.54) is 14.0 Å². The normalized spacial score (nSPS) is 12.5. The summed E-state index contributed by atoms with van der Waals surface area (Å²) in [4.78, 5) is 21.0. The molecule has 0 amide bonds. The summed E-state index contributed by atoms with van der Waals surface area (Å²) in [5.41, 5.74) is 0. The number of rotatable bonds is 7. The molecular formula is C9H16O4. The van der Waals surface area contributed by atoms with Crippen LogP contribution >= 0.6 is 0 Å². The Labute approximate surface area is 77.9 Å². The molecule has 0 aliphatic carbocycles. The van der Waals surface area contributed by atoms with Crippen LogP contribution in [0.5, 0.6) is 0 Å². The van der Waals surface area contributed by atoms with Crippen molar-refractivity contribution >= 4 is 11.8 Å². The van der Waals surface area contributed by atoms with Gasteiger partial charge in [-0.1, -0.05) is 0 Å². The van der Waals surface area contributed by atoms with E-state index in [4.69, 9.17) is 9.84 Å². The van der Waals surface area contributed by atoms with Crippen LogP contribution in [0.25, 0.3) is 0 Å². The minimum Gasteiger partial charge on any atom is -0.481 e. The van der Waals surface area contributed by atoms with Gasteiger partial charge in [-0.25, -0.2) is 0 Å². The van der Waals surface area contributed by atoms with E-state index in [2.05, 4.69) is 0 Å². The number of ketones is 1. The van der Waals surface area contributed by atoms with Gasteiger partial charge < -0.3 is 9.84 Å². The van der Waals surface area contributed by atoms with E-state index in [1.807, 2.05) is 0 Å². The lowest BCUT2D eigenvalue weighted by Crippen LogP contribution is -2.19. The highest BCUT2D eigenvalue weighted by molar-refractivity contribution is 5.80. The molecule has 4 heteroatoms. The second-order valence-corrected chi connectivity index (χ2v) is 2.97. The maximum Gasteiger partial charge on any atom is 0.303 e. The Morgan fingerprint density at radius 2 is 2.00 bits per heavy atom. The zero-order valence-electron chi connectivity index (χ0n) is 8.08. The van der Waals surface area contributed by atoms with Crippen molar-refractivity contribution in [2.75, 3.05) is 7.11 Å². The fourth-order valence-corrected chi connectivity index (χ4v) is 1.09. The molecule has 13 heavy (non-hydrogen) atoms. The SMILES string of the molecule is COC(CCCCC(=O)O)C(C)=O.